The van der Waals surface area contributed by atoms with E-state index in [0.717, 1.165) is 68.4 Å². The van der Waals surface area contributed by atoms with Gasteiger partial charge in [-0.3, -0.25) is 10.1 Å². The first-order valence-electron chi connectivity index (χ1n) is 11.4. The highest BCUT2D eigenvalue weighted by Gasteiger charge is 2.19. The lowest BCUT2D eigenvalue weighted by atomic mass is 10.1. The molecule has 35 heavy (non-hydrogen) atoms. The average molecular weight is 461 g/mol. The van der Waals surface area contributed by atoms with Crippen molar-refractivity contribution in [3.63, 3.8) is 0 Å². The molecule has 0 atom stereocenters. The molecule has 0 amide bonds. The highest BCUT2D eigenvalue weighted by molar-refractivity contribution is 5.92. The largest absolute Gasteiger partial charge is 0.353 e. The SMILES string of the molecule is Cc1cn(C2=CC=C=Cc3[nH]c(-c4n[nH]c5ccc(-c6cncc(CN(C)C)c6)nc45)cc32)cn1. The van der Waals surface area contributed by atoms with Crippen LogP contribution in [0.5, 0.6) is 0 Å². The summed E-state index contributed by atoms with van der Waals surface area (Å²) in [7, 11) is 4.10. The van der Waals surface area contributed by atoms with Crippen molar-refractivity contribution in [2.75, 3.05) is 14.1 Å². The van der Waals surface area contributed by atoms with E-state index < -0.39 is 0 Å². The van der Waals surface area contributed by atoms with Gasteiger partial charge in [-0.15, -0.1) is 5.73 Å². The van der Waals surface area contributed by atoms with E-state index in [9.17, 15) is 0 Å². The van der Waals surface area contributed by atoms with Crippen molar-refractivity contribution in [2.24, 2.45) is 0 Å². The predicted octanol–water partition coefficient (Wildman–Crippen LogP) is 4.65. The summed E-state index contributed by atoms with van der Waals surface area (Å²) in [4.78, 5) is 19.4. The first-order chi connectivity index (χ1) is 17.0. The van der Waals surface area contributed by atoms with Gasteiger partial charge in [0.1, 0.15) is 11.2 Å². The third-order valence-electron chi connectivity index (χ3n) is 5.93. The third kappa shape index (κ3) is 3.91. The summed E-state index contributed by atoms with van der Waals surface area (Å²) in [6.07, 6.45) is 13.5. The zero-order valence-electron chi connectivity index (χ0n) is 19.7. The molecule has 0 bridgehead atoms. The lowest BCUT2D eigenvalue weighted by molar-refractivity contribution is 0.402. The molecule has 0 radical (unpaired) electrons. The second kappa shape index (κ2) is 8.36. The molecule has 0 aliphatic heterocycles. The number of fused-ring (bicyclic) bond motifs is 2. The van der Waals surface area contributed by atoms with Crippen LogP contribution in [-0.2, 0) is 6.54 Å². The van der Waals surface area contributed by atoms with Crippen LogP contribution in [0.15, 0.2) is 67.1 Å². The molecule has 8 nitrogen and oxygen atoms in total. The molecule has 0 unspecified atom stereocenters. The van der Waals surface area contributed by atoms with E-state index in [1.165, 1.54) is 0 Å². The second-order valence-corrected chi connectivity index (χ2v) is 8.95. The van der Waals surface area contributed by atoms with E-state index >= 15 is 0 Å². The fraction of sp³-hybridized carbons (Fsp3) is 0.148. The number of hydrogen-bond donors (Lipinski definition) is 2. The molecule has 1 aliphatic rings. The summed E-state index contributed by atoms with van der Waals surface area (Å²) < 4.78 is 2.02. The summed E-state index contributed by atoms with van der Waals surface area (Å²) in [5, 5.41) is 7.73. The predicted molar refractivity (Wildman–Crippen MR) is 137 cm³/mol. The molecule has 0 fully saturated rings. The number of aromatic amines is 2. The van der Waals surface area contributed by atoms with Crippen LogP contribution in [0.3, 0.4) is 0 Å². The van der Waals surface area contributed by atoms with Crippen LogP contribution in [0.2, 0.25) is 0 Å². The maximum absolute atomic E-state index is 4.98. The monoisotopic (exact) mass is 460 g/mol. The van der Waals surface area contributed by atoms with Gasteiger partial charge in [-0.2, -0.15) is 5.10 Å². The van der Waals surface area contributed by atoms with Gasteiger partial charge in [0.15, 0.2) is 0 Å². The van der Waals surface area contributed by atoms with Crippen molar-refractivity contribution < 1.29 is 0 Å². The Balaban J connectivity index is 1.43. The van der Waals surface area contributed by atoms with Gasteiger partial charge in [-0.05, 0) is 63.0 Å². The zero-order chi connectivity index (χ0) is 23.9. The zero-order valence-corrected chi connectivity index (χ0v) is 19.7. The van der Waals surface area contributed by atoms with Gasteiger partial charge in [-0.1, -0.05) is 0 Å². The first kappa shape index (κ1) is 21.0. The Kier molecular flexibility index (Phi) is 5.03. The molecule has 172 valence electrons. The minimum Gasteiger partial charge on any atom is -0.353 e. The molecule has 6 rings (SSSR count). The number of H-pyrrole nitrogens is 2. The molecule has 5 heterocycles. The lowest BCUT2D eigenvalue weighted by Gasteiger charge is -2.10. The van der Waals surface area contributed by atoms with E-state index in [-0.39, 0.29) is 0 Å². The van der Waals surface area contributed by atoms with E-state index in [1.54, 1.807) is 0 Å². The number of nitrogens with zero attached hydrogens (tertiary/aromatic N) is 6. The number of aromatic nitrogens is 7. The van der Waals surface area contributed by atoms with Crippen LogP contribution in [0.1, 0.15) is 22.5 Å². The molecule has 1 aliphatic carbocycles. The van der Waals surface area contributed by atoms with Crippen molar-refractivity contribution in [2.45, 2.75) is 13.5 Å². The van der Waals surface area contributed by atoms with Crippen molar-refractivity contribution in [1.29, 1.82) is 0 Å². The fourth-order valence-electron chi connectivity index (χ4n) is 4.38. The Morgan fingerprint density at radius 1 is 1.14 bits per heavy atom. The smallest absolute Gasteiger partial charge is 0.135 e. The van der Waals surface area contributed by atoms with Crippen molar-refractivity contribution in [1.82, 2.24) is 39.6 Å². The molecule has 2 N–H and O–H groups in total. The number of hydrogen-bond acceptors (Lipinski definition) is 5. The van der Waals surface area contributed by atoms with Crippen molar-refractivity contribution >= 4 is 22.8 Å². The van der Waals surface area contributed by atoms with Gasteiger partial charge in [-0.25, -0.2) is 9.97 Å². The van der Waals surface area contributed by atoms with Crippen LogP contribution in [-0.4, -0.2) is 53.7 Å². The molecule has 8 heteroatoms. The van der Waals surface area contributed by atoms with E-state index in [0.29, 0.717) is 0 Å². The first-order valence-corrected chi connectivity index (χ1v) is 11.4. The molecule has 5 aromatic heterocycles. The average Bonchev–Trinajstić information content (AvgIpc) is 3.54. The Bertz CT molecular complexity index is 1650. The van der Waals surface area contributed by atoms with Gasteiger partial charge in [0, 0.05) is 42.3 Å². The number of allylic oxidation sites excluding steroid dienone is 2. The Hall–Kier alpha value is -4.52. The maximum Gasteiger partial charge on any atom is 0.135 e. The van der Waals surface area contributed by atoms with E-state index in [4.69, 9.17) is 4.98 Å². The Labute approximate surface area is 202 Å². The molecular weight excluding hydrogens is 436 g/mol. The Morgan fingerprint density at radius 3 is 2.89 bits per heavy atom. The fourth-order valence-corrected chi connectivity index (χ4v) is 4.38. The molecule has 0 spiro atoms. The van der Waals surface area contributed by atoms with Crippen LogP contribution in [0.4, 0.5) is 0 Å². The summed E-state index contributed by atoms with van der Waals surface area (Å²) in [6.45, 7) is 2.80. The normalized spacial score (nSPS) is 12.9. The van der Waals surface area contributed by atoms with Gasteiger partial charge < -0.3 is 14.5 Å². The van der Waals surface area contributed by atoms with Crippen LogP contribution in [0.25, 0.3) is 45.5 Å². The standard InChI is InChI=1S/C27H24N8/c1-17-14-35(16-29-17)25-7-5-4-6-22-20(25)11-24(30-22)27-26-23(32-33-27)9-8-21(31-26)19-10-18(12-28-13-19)15-34(2)3/h5-14,16,30H,15H2,1-3H3,(H,32,33). The minimum atomic E-state index is 0.769. The quantitative estimate of drug-likeness (QED) is 0.373. The van der Waals surface area contributed by atoms with Crippen LogP contribution in [0, 0.1) is 6.92 Å². The number of imidazole rings is 1. The van der Waals surface area contributed by atoms with Gasteiger partial charge >= 0.3 is 0 Å². The van der Waals surface area contributed by atoms with Crippen LogP contribution < -0.4 is 0 Å². The second-order valence-electron chi connectivity index (χ2n) is 8.95. The van der Waals surface area contributed by atoms with Crippen molar-refractivity contribution in [3.8, 4) is 22.6 Å². The molecule has 5 aromatic rings. The van der Waals surface area contributed by atoms with E-state index in [1.807, 2.05) is 80.9 Å². The van der Waals surface area contributed by atoms with Crippen LogP contribution >= 0.6 is 0 Å². The van der Waals surface area contributed by atoms with Gasteiger partial charge in [0.05, 0.1) is 40.3 Å². The summed E-state index contributed by atoms with van der Waals surface area (Å²) in [5.74, 6) is 0. The number of rotatable bonds is 5. The summed E-state index contributed by atoms with van der Waals surface area (Å²) in [6, 6.07) is 8.26. The van der Waals surface area contributed by atoms with Crippen molar-refractivity contribution in [3.05, 3.63) is 89.6 Å². The molecular formula is C27H24N8. The highest BCUT2D eigenvalue weighted by atomic mass is 15.1. The summed E-state index contributed by atoms with van der Waals surface area (Å²) >= 11 is 0. The molecule has 0 aromatic carbocycles. The number of aryl methyl sites for hydroxylation is 1. The maximum atomic E-state index is 4.98. The highest BCUT2D eigenvalue weighted by Crippen LogP contribution is 2.32. The molecule has 0 saturated carbocycles. The van der Waals surface area contributed by atoms with E-state index in [2.05, 4.69) is 47.9 Å². The lowest BCUT2D eigenvalue weighted by Crippen LogP contribution is -2.10. The summed E-state index contributed by atoms with van der Waals surface area (Å²) in [5.41, 5.74) is 13.5. The van der Waals surface area contributed by atoms with Gasteiger partial charge in [0.2, 0.25) is 0 Å². The molecule has 0 saturated heterocycles. The minimum absolute atomic E-state index is 0.769. The third-order valence-corrected chi connectivity index (χ3v) is 5.93. The van der Waals surface area contributed by atoms with Gasteiger partial charge in [0.25, 0.3) is 0 Å². The topological polar surface area (TPSA) is 91.3 Å². The Morgan fingerprint density at radius 2 is 2.06 bits per heavy atom. The number of nitrogens with one attached hydrogen (secondary N) is 2. The number of pyridine rings is 2.